The predicted molar refractivity (Wildman–Crippen MR) is 89.5 cm³/mol. The smallest absolute Gasteiger partial charge is 0.249 e. The van der Waals surface area contributed by atoms with E-state index >= 15 is 0 Å². The van der Waals surface area contributed by atoms with Crippen LogP contribution in [-0.4, -0.2) is 18.6 Å². The van der Waals surface area contributed by atoms with Crippen LogP contribution < -0.4 is 5.32 Å². The first kappa shape index (κ1) is 17.0. The van der Waals surface area contributed by atoms with Crippen molar-refractivity contribution in [3.8, 4) is 0 Å². The summed E-state index contributed by atoms with van der Waals surface area (Å²) in [6.07, 6.45) is 1.78. The van der Waals surface area contributed by atoms with Gasteiger partial charge in [0.25, 0.3) is 0 Å². The summed E-state index contributed by atoms with van der Waals surface area (Å²) in [7, 11) is 0. The van der Waals surface area contributed by atoms with Crippen LogP contribution in [0.5, 0.6) is 0 Å². The molecule has 1 aromatic carbocycles. The van der Waals surface area contributed by atoms with Gasteiger partial charge in [-0.25, -0.2) is 0 Å². The third-order valence-corrected chi connectivity index (χ3v) is 4.49. The van der Waals surface area contributed by atoms with E-state index in [1.165, 1.54) is 12.0 Å². The number of benzene rings is 1. The van der Waals surface area contributed by atoms with Crippen LogP contribution in [0.4, 0.5) is 0 Å². The van der Waals surface area contributed by atoms with Crippen molar-refractivity contribution in [3.05, 3.63) is 35.9 Å². The predicted octanol–water partition coefficient (Wildman–Crippen LogP) is 3.95. The minimum Gasteiger partial charge on any atom is -0.369 e. The molecular formula is C19H29NO2. The molecule has 1 N–H and O–H groups in total. The maximum Gasteiger partial charge on any atom is 0.249 e. The summed E-state index contributed by atoms with van der Waals surface area (Å²) in [4.78, 5) is 12.4. The van der Waals surface area contributed by atoms with E-state index in [0.717, 1.165) is 6.42 Å². The molecular weight excluding hydrogens is 274 g/mol. The lowest BCUT2D eigenvalue weighted by atomic mass is 10.0. The molecule has 1 aromatic rings. The number of hydrogen-bond acceptors (Lipinski definition) is 2. The number of hydrogen-bond donors (Lipinski definition) is 1. The van der Waals surface area contributed by atoms with Crippen molar-refractivity contribution in [3.63, 3.8) is 0 Å². The van der Waals surface area contributed by atoms with E-state index in [-0.39, 0.29) is 18.1 Å². The molecule has 1 amide bonds. The van der Waals surface area contributed by atoms with Gasteiger partial charge >= 0.3 is 0 Å². The van der Waals surface area contributed by atoms with E-state index in [4.69, 9.17) is 4.74 Å². The van der Waals surface area contributed by atoms with Crippen molar-refractivity contribution in [1.82, 2.24) is 5.32 Å². The molecule has 0 heterocycles. The zero-order valence-corrected chi connectivity index (χ0v) is 14.2. The normalized spacial score (nSPS) is 23.1. The van der Waals surface area contributed by atoms with Crippen molar-refractivity contribution >= 4 is 5.91 Å². The fourth-order valence-corrected chi connectivity index (χ4v) is 2.74. The van der Waals surface area contributed by atoms with Gasteiger partial charge in [0.1, 0.15) is 6.10 Å². The van der Waals surface area contributed by atoms with Crippen LogP contribution in [0.15, 0.2) is 30.3 Å². The molecule has 0 aliphatic heterocycles. The van der Waals surface area contributed by atoms with E-state index < -0.39 is 0 Å². The van der Waals surface area contributed by atoms with E-state index in [0.29, 0.717) is 24.4 Å². The Labute approximate surface area is 134 Å². The van der Waals surface area contributed by atoms with Crippen LogP contribution in [0.2, 0.25) is 0 Å². The molecule has 4 atom stereocenters. The zero-order valence-electron chi connectivity index (χ0n) is 14.2. The SMILES string of the molecule is CC(C)CCOC(C)C(=O)NC(c1ccccc1)C1CC1C. The Hall–Kier alpha value is -1.35. The maximum atomic E-state index is 12.4. The van der Waals surface area contributed by atoms with Crippen LogP contribution >= 0.6 is 0 Å². The average molecular weight is 303 g/mol. The lowest BCUT2D eigenvalue weighted by Crippen LogP contribution is -2.38. The highest BCUT2D eigenvalue weighted by Gasteiger charge is 2.41. The fraction of sp³-hybridized carbons (Fsp3) is 0.632. The van der Waals surface area contributed by atoms with Crippen molar-refractivity contribution < 1.29 is 9.53 Å². The van der Waals surface area contributed by atoms with Gasteiger partial charge in [0.05, 0.1) is 6.04 Å². The Balaban J connectivity index is 1.91. The molecule has 4 unspecified atom stereocenters. The number of ether oxygens (including phenoxy) is 1. The Bertz CT molecular complexity index is 472. The van der Waals surface area contributed by atoms with Crippen molar-refractivity contribution in [2.75, 3.05) is 6.61 Å². The molecule has 1 aliphatic carbocycles. The molecule has 1 fully saturated rings. The molecule has 1 aliphatic rings. The van der Waals surface area contributed by atoms with Gasteiger partial charge in [0.2, 0.25) is 5.91 Å². The van der Waals surface area contributed by atoms with Crippen molar-refractivity contribution in [1.29, 1.82) is 0 Å². The molecule has 2 rings (SSSR count). The highest BCUT2D eigenvalue weighted by Crippen LogP contribution is 2.46. The topological polar surface area (TPSA) is 38.3 Å². The minimum absolute atomic E-state index is 0.00305. The van der Waals surface area contributed by atoms with Crippen molar-refractivity contribution in [2.24, 2.45) is 17.8 Å². The van der Waals surface area contributed by atoms with Gasteiger partial charge in [-0.15, -0.1) is 0 Å². The Kier molecular flexibility index (Phi) is 6.01. The van der Waals surface area contributed by atoms with Gasteiger partial charge < -0.3 is 10.1 Å². The number of carbonyl (C=O) groups excluding carboxylic acids is 1. The minimum atomic E-state index is -0.390. The van der Waals surface area contributed by atoms with E-state index in [1.54, 1.807) is 0 Å². The maximum absolute atomic E-state index is 12.4. The van der Waals surface area contributed by atoms with Crippen LogP contribution in [0.3, 0.4) is 0 Å². The third-order valence-electron chi connectivity index (χ3n) is 4.49. The Morgan fingerprint density at radius 2 is 1.91 bits per heavy atom. The second kappa shape index (κ2) is 7.77. The van der Waals surface area contributed by atoms with E-state index in [1.807, 2.05) is 25.1 Å². The zero-order chi connectivity index (χ0) is 16.1. The first-order chi connectivity index (χ1) is 10.5. The molecule has 0 bridgehead atoms. The molecule has 3 heteroatoms. The highest BCUT2D eigenvalue weighted by molar-refractivity contribution is 5.80. The van der Waals surface area contributed by atoms with Gasteiger partial charge in [0, 0.05) is 6.61 Å². The number of carbonyl (C=O) groups is 1. The van der Waals surface area contributed by atoms with Crippen molar-refractivity contribution in [2.45, 2.75) is 52.7 Å². The van der Waals surface area contributed by atoms with Gasteiger partial charge in [-0.1, -0.05) is 51.1 Å². The lowest BCUT2D eigenvalue weighted by molar-refractivity contribution is -0.132. The van der Waals surface area contributed by atoms with Crippen LogP contribution in [0.25, 0.3) is 0 Å². The molecule has 0 aromatic heterocycles. The summed E-state index contributed by atoms with van der Waals surface area (Å²) in [6, 6.07) is 10.4. The number of amides is 1. The van der Waals surface area contributed by atoms with E-state index in [2.05, 4.69) is 38.2 Å². The third kappa shape index (κ3) is 4.84. The largest absolute Gasteiger partial charge is 0.369 e. The molecule has 122 valence electrons. The van der Waals surface area contributed by atoms with Gasteiger partial charge in [-0.2, -0.15) is 0 Å². The summed E-state index contributed by atoms with van der Waals surface area (Å²) in [5.74, 6) is 1.83. The first-order valence-corrected chi connectivity index (χ1v) is 8.46. The lowest BCUT2D eigenvalue weighted by Gasteiger charge is -2.22. The standard InChI is InChI=1S/C19H29NO2/c1-13(2)10-11-22-15(4)19(21)20-18(17-12-14(17)3)16-8-6-5-7-9-16/h5-9,13-15,17-18H,10-12H2,1-4H3,(H,20,21). The number of rotatable bonds is 8. The summed E-state index contributed by atoms with van der Waals surface area (Å²) in [6.45, 7) is 9.05. The Morgan fingerprint density at radius 1 is 1.27 bits per heavy atom. The van der Waals surface area contributed by atoms with Crippen LogP contribution in [-0.2, 0) is 9.53 Å². The van der Waals surface area contributed by atoms with Gasteiger partial charge in [-0.3, -0.25) is 4.79 Å². The Morgan fingerprint density at radius 3 is 2.45 bits per heavy atom. The summed E-state index contributed by atoms with van der Waals surface area (Å²) < 4.78 is 5.67. The van der Waals surface area contributed by atoms with Crippen LogP contribution in [0.1, 0.15) is 52.1 Å². The molecule has 3 nitrogen and oxygen atoms in total. The average Bonchev–Trinajstić information content (AvgIpc) is 3.21. The highest BCUT2D eigenvalue weighted by atomic mass is 16.5. The van der Waals surface area contributed by atoms with Gasteiger partial charge in [-0.05, 0) is 43.1 Å². The second-order valence-corrected chi connectivity index (χ2v) is 6.97. The first-order valence-electron chi connectivity index (χ1n) is 8.46. The van der Waals surface area contributed by atoms with E-state index in [9.17, 15) is 4.79 Å². The number of nitrogens with one attached hydrogen (secondary N) is 1. The fourth-order valence-electron chi connectivity index (χ4n) is 2.74. The molecule has 0 saturated heterocycles. The molecule has 1 saturated carbocycles. The summed E-state index contributed by atoms with van der Waals surface area (Å²) in [5.41, 5.74) is 1.19. The molecule has 0 radical (unpaired) electrons. The molecule has 0 spiro atoms. The summed E-state index contributed by atoms with van der Waals surface area (Å²) >= 11 is 0. The second-order valence-electron chi connectivity index (χ2n) is 6.97. The quantitative estimate of drug-likeness (QED) is 0.789. The molecule has 22 heavy (non-hydrogen) atoms. The van der Waals surface area contributed by atoms with Crippen LogP contribution in [0, 0.1) is 17.8 Å². The summed E-state index contributed by atoms with van der Waals surface area (Å²) in [5, 5.41) is 3.20. The van der Waals surface area contributed by atoms with Gasteiger partial charge in [0.15, 0.2) is 0 Å². The monoisotopic (exact) mass is 303 g/mol.